The molecule has 1 unspecified atom stereocenters. The van der Waals surface area contributed by atoms with Crippen LogP contribution in [0.5, 0.6) is 0 Å². The quantitative estimate of drug-likeness (QED) is 0.887. The Kier molecular flexibility index (Phi) is 4.91. The van der Waals surface area contributed by atoms with Crippen molar-refractivity contribution in [1.82, 2.24) is 4.90 Å². The van der Waals surface area contributed by atoms with E-state index in [1.54, 1.807) is 12.1 Å². The summed E-state index contributed by atoms with van der Waals surface area (Å²) in [5.41, 5.74) is 2.45. The minimum Gasteiger partial charge on any atom is -0.481 e. The largest absolute Gasteiger partial charge is 0.481 e. The second-order valence-electron chi connectivity index (χ2n) is 6.08. The molecule has 124 valence electrons. The zero-order valence-electron chi connectivity index (χ0n) is 13.3. The number of benzene rings is 2. The van der Waals surface area contributed by atoms with Crippen LogP contribution in [0.25, 0.3) is 0 Å². The molecule has 1 saturated heterocycles. The SMILES string of the molecule is O=C(Nc1ccccc1)c1ccc(CN2CCC(C(=O)O)C2)cc1. The molecule has 0 aliphatic carbocycles. The molecular formula is C19H20N2O3. The van der Waals surface area contributed by atoms with Gasteiger partial charge in [-0.25, -0.2) is 0 Å². The summed E-state index contributed by atoms with van der Waals surface area (Å²) in [7, 11) is 0. The molecule has 0 spiro atoms. The van der Waals surface area contributed by atoms with Gasteiger partial charge in [0.2, 0.25) is 0 Å². The maximum atomic E-state index is 12.2. The van der Waals surface area contributed by atoms with Gasteiger partial charge in [0.1, 0.15) is 0 Å². The number of carboxylic acids is 1. The lowest BCUT2D eigenvalue weighted by atomic mass is 10.1. The average molecular weight is 324 g/mol. The van der Waals surface area contributed by atoms with Crippen molar-refractivity contribution >= 4 is 17.6 Å². The molecule has 0 radical (unpaired) electrons. The number of likely N-dealkylation sites (tertiary alicyclic amines) is 1. The molecule has 24 heavy (non-hydrogen) atoms. The van der Waals surface area contributed by atoms with Gasteiger partial charge in [0, 0.05) is 24.3 Å². The Labute approximate surface area is 140 Å². The molecule has 2 aromatic rings. The Balaban J connectivity index is 1.57. The zero-order chi connectivity index (χ0) is 16.9. The number of nitrogens with one attached hydrogen (secondary N) is 1. The standard InChI is InChI=1S/C19H20N2O3/c22-18(20-17-4-2-1-3-5-17)15-8-6-14(7-9-15)12-21-11-10-16(13-21)19(23)24/h1-9,16H,10-13H2,(H,20,22)(H,23,24). The van der Waals surface area contributed by atoms with Gasteiger partial charge in [0.05, 0.1) is 5.92 Å². The number of hydrogen-bond acceptors (Lipinski definition) is 3. The Bertz CT molecular complexity index is 713. The maximum Gasteiger partial charge on any atom is 0.307 e. The second-order valence-corrected chi connectivity index (χ2v) is 6.08. The number of para-hydroxylation sites is 1. The lowest BCUT2D eigenvalue weighted by Gasteiger charge is -2.15. The van der Waals surface area contributed by atoms with E-state index in [0.717, 1.165) is 17.8 Å². The minimum atomic E-state index is -0.717. The van der Waals surface area contributed by atoms with Gasteiger partial charge in [-0.15, -0.1) is 0 Å². The van der Waals surface area contributed by atoms with Crippen molar-refractivity contribution in [1.29, 1.82) is 0 Å². The van der Waals surface area contributed by atoms with E-state index in [1.807, 2.05) is 42.5 Å². The highest BCUT2D eigenvalue weighted by atomic mass is 16.4. The first-order valence-corrected chi connectivity index (χ1v) is 8.02. The molecule has 1 aliphatic heterocycles. The lowest BCUT2D eigenvalue weighted by Crippen LogP contribution is -2.22. The van der Waals surface area contributed by atoms with Crippen molar-refractivity contribution < 1.29 is 14.7 Å². The second kappa shape index (κ2) is 7.27. The van der Waals surface area contributed by atoms with Crippen LogP contribution in [-0.2, 0) is 11.3 Å². The summed E-state index contributed by atoms with van der Waals surface area (Å²) in [5.74, 6) is -1.12. The summed E-state index contributed by atoms with van der Waals surface area (Å²) in [6.45, 7) is 2.10. The third kappa shape index (κ3) is 4.00. The summed E-state index contributed by atoms with van der Waals surface area (Å²) in [6, 6.07) is 16.8. The predicted octanol–water partition coefficient (Wildman–Crippen LogP) is 2.85. The number of aliphatic carboxylic acids is 1. The average Bonchev–Trinajstić information content (AvgIpc) is 3.05. The number of carbonyl (C=O) groups excluding carboxylic acids is 1. The van der Waals surface area contributed by atoms with Crippen LogP contribution in [0.15, 0.2) is 54.6 Å². The molecule has 0 bridgehead atoms. The highest BCUT2D eigenvalue weighted by Crippen LogP contribution is 2.19. The van der Waals surface area contributed by atoms with Crippen molar-refractivity contribution in [2.24, 2.45) is 5.92 Å². The van der Waals surface area contributed by atoms with Crippen LogP contribution in [0.2, 0.25) is 0 Å². The molecule has 1 amide bonds. The van der Waals surface area contributed by atoms with Gasteiger partial charge in [-0.1, -0.05) is 30.3 Å². The van der Waals surface area contributed by atoms with Gasteiger partial charge >= 0.3 is 5.97 Å². The summed E-state index contributed by atoms with van der Waals surface area (Å²) in [4.78, 5) is 25.3. The Morgan fingerprint density at radius 2 is 1.79 bits per heavy atom. The first kappa shape index (κ1) is 16.2. The zero-order valence-corrected chi connectivity index (χ0v) is 13.3. The molecule has 1 heterocycles. The van der Waals surface area contributed by atoms with Gasteiger partial charge in [0.25, 0.3) is 5.91 Å². The van der Waals surface area contributed by atoms with Crippen LogP contribution in [0.1, 0.15) is 22.3 Å². The molecule has 2 N–H and O–H groups in total. The van der Waals surface area contributed by atoms with Crippen LogP contribution in [0, 0.1) is 5.92 Å². The first-order chi connectivity index (χ1) is 11.6. The third-order valence-corrected chi connectivity index (χ3v) is 4.28. The molecule has 2 aromatic carbocycles. The number of carboxylic acid groups (broad SMARTS) is 1. The number of rotatable bonds is 5. The van der Waals surface area contributed by atoms with Gasteiger partial charge in [-0.2, -0.15) is 0 Å². The Morgan fingerprint density at radius 1 is 1.08 bits per heavy atom. The lowest BCUT2D eigenvalue weighted by molar-refractivity contribution is -0.141. The van der Waals surface area contributed by atoms with Crippen LogP contribution in [0.4, 0.5) is 5.69 Å². The monoisotopic (exact) mass is 324 g/mol. The molecule has 5 nitrogen and oxygen atoms in total. The summed E-state index contributed by atoms with van der Waals surface area (Å²) >= 11 is 0. The number of hydrogen-bond donors (Lipinski definition) is 2. The molecule has 1 aliphatic rings. The fraction of sp³-hybridized carbons (Fsp3) is 0.263. The number of carbonyl (C=O) groups is 2. The molecular weight excluding hydrogens is 304 g/mol. The van der Waals surface area contributed by atoms with E-state index in [4.69, 9.17) is 5.11 Å². The molecule has 1 atom stereocenters. The van der Waals surface area contributed by atoms with Crippen LogP contribution < -0.4 is 5.32 Å². The topological polar surface area (TPSA) is 69.6 Å². The van der Waals surface area contributed by atoms with Gasteiger partial charge in [-0.05, 0) is 42.8 Å². The third-order valence-electron chi connectivity index (χ3n) is 4.28. The van der Waals surface area contributed by atoms with Gasteiger partial charge in [-0.3, -0.25) is 14.5 Å². The number of nitrogens with zero attached hydrogens (tertiary/aromatic N) is 1. The van der Waals surface area contributed by atoms with Crippen molar-refractivity contribution in [2.75, 3.05) is 18.4 Å². The molecule has 5 heteroatoms. The minimum absolute atomic E-state index is 0.139. The number of amides is 1. The maximum absolute atomic E-state index is 12.2. The smallest absolute Gasteiger partial charge is 0.307 e. The van der Waals surface area contributed by atoms with E-state index in [9.17, 15) is 9.59 Å². The summed E-state index contributed by atoms with van der Waals surface area (Å²) in [5, 5.41) is 11.9. The molecule has 1 fully saturated rings. The fourth-order valence-corrected chi connectivity index (χ4v) is 2.92. The Morgan fingerprint density at radius 3 is 2.42 bits per heavy atom. The van der Waals surface area contributed by atoms with Crippen molar-refractivity contribution in [2.45, 2.75) is 13.0 Å². The van der Waals surface area contributed by atoms with E-state index >= 15 is 0 Å². The first-order valence-electron chi connectivity index (χ1n) is 8.02. The van der Waals surface area contributed by atoms with Crippen LogP contribution in [0.3, 0.4) is 0 Å². The van der Waals surface area contributed by atoms with E-state index in [2.05, 4.69) is 10.2 Å². The van der Waals surface area contributed by atoms with Crippen molar-refractivity contribution in [3.8, 4) is 0 Å². The van der Waals surface area contributed by atoms with E-state index in [1.165, 1.54) is 0 Å². The van der Waals surface area contributed by atoms with E-state index in [0.29, 0.717) is 25.1 Å². The normalized spacial score (nSPS) is 17.6. The fourth-order valence-electron chi connectivity index (χ4n) is 2.92. The molecule has 0 saturated carbocycles. The van der Waals surface area contributed by atoms with Crippen LogP contribution in [-0.4, -0.2) is 35.0 Å². The van der Waals surface area contributed by atoms with E-state index in [-0.39, 0.29) is 11.8 Å². The summed E-state index contributed by atoms with van der Waals surface area (Å²) in [6.07, 6.45) is 0.701. The van der Waals surface area contributed by atoms with Crippen molar-refractivity contribution in [3.05, 3.63) is 65.7 Å². The molecule has 3 rings (SSSR count). The van der Waals surface area contributed by atoms with E-state index < -0.39 is 5.97 Å². The number of anilines is 1. The van der Waals surface area contributed by atoms with Gasteiger partial charge in [0.15, 0.2) is 0 Å². The van der Waals surface area contributed by atoms with Gasteiger partial charge < -0.3 is 10.4 Å². The molecule has 0 aromatic heterocycles. The van der Waals surface area contributed by atoms with Crippen LogP contribution >= 0.6 is 0 Å². The predicted molar refractivity (Wildman–Crippen MR) is 91.9 cm³/mol. The highest BCUT2D eigenvalue weighted by Gasteiger charge is 2.27. The Hall–Kier alpha value is -2.66. The van der Waals surface area contributed by atoms with Crippen molar-refractivity contribution in [3.63, 3.8) is 0 Å². The summed E-state index contributed by atoms with van der Waals surface area (Å²) < 4.78 is 0. The highest BCUT2D eigenvalue weighted by molar-refractivity contribution is 6.04.